The molecule has 2 N–H and O–H groups in total. The monoisotopic (exact) mass is 314 g/mol. The van der Waals surface area contributed by atoms with E-state index >= 15 is 0 Å². The number of benzene rings is 1. The minimum absolute atomic E-state index is 0.119. The van der Waals surface area contributed by atoms with Gasteiger partial charge in [0.05, 0.1) is 24.2 Å². The van der Waals surface area contributed by atoms with Crippen molar-refractivity contribution in [2.45, 2.75) is 11.0 Å². The van der Waals surface area contributed by atoms with Crippen molar-refractivity contribution in [2.24, 2.45) is 0 Å². The zero-order valence-electron chi connectivity index (χ0n) is 11.7. The maximum Gasteiger partial charge on any atom is 0.251 e. The molecule has 7 nitrogen and oxygen atoms in total. The van der Waals surface area contributed by atoms with Crippen molar-refractivity contribution in [3.05, 3.63) is 29.8 Å². The molecule has 0 aliphatic carbocycles. The lowest BCUT2D eigenvalue weighted by molar-refractivity contribution is -0.0304. The number of nitrogens with zero attached hydrogens (tertiary/aromatic N) is 1. The lowest BCUT2D eigenvalue weighted by Gasteiger charge is -2.31. The van der Waals surface area contributed by atoms with Gasteiger partial charge in [0.25, 0.3) is 5.91 Å². The van der Waals surface area contributed by atoms with Crippen molar-refractivity contribution < 1.29 is 23.1 Å². The minimum atomic E-state index is -3.64. The SMILES string of the molecule is CNC(=O)c1ccc(S(=O)(=O)N2CCOC(CO)C2)cc1. The van der Waals surface area contributed by atoms with Gasteiger partial charge in [-0.3, -0.25) is 4.79 Å². The molecule has 116 valence electrons. The summed E-state index contributed by atoms with van der Waals surface area (Å²) in [5.74, 6) is -0.273. The van der Waals surface area contributed by atoms with E-state index in [0.717, 1.165) is 0 Å². The van der Waals surface area contributed by atoms with E-state index in [1.807, 2.05) is 0 Å². The Morgan fingerprint density at radius 3 is 2.67 bits per heavy atom. The number of nitrogens with one attached hydrogen (secondary N) is 1. The molecule has 1 aromatic carbocycles. The number of sulfonamides is 1. The lowest BCUT2D eigenvalue weighted by Crippen LogP contribution is -2.46. The largest absolute Gasteiger partial charge is 0.394 e. The van der Waals surface area contributed by atoms with Crippen molar-refractivity contribution in [3.8, 4) is 0 Å². The Balaban J connectivity index is 2.21. The second-order valence-corrected chi connectivity index (χ2v) is 6.58. The minimum Gasteiger partial charge on any atom is -0.394 e. The van der Waals surface area contributed by atoms with Gasteiger partial charge in [-0.05, 0) is 24.3 Å². The predicted molar refractivity (Wildman–Crippen MR) is 75.4 cm³/mol. The van der Waals surface area contributed by atoms with Crippen LogP contribution in [0.3, 0.4) is 0 Å². The highest BCUT2D eigenvalue weighted by Gasteiger charge is 2.30. The summed E-state index contributed by atoms with van der Waals surface area (Å²) in [5.41, 5.74) is 0.395. The van der Waals surface area contributed by atoms with E-state index in [0.29, 0.717) is 5.56 Å². The van der Waals surface area contributed by atoms with Gasteiger partial charge in [-0.1, -0.05) is 0 Å². The van der Waals surface area contributed by atoms with E-state index in [9.17, 15) is 13.2 Å². The summed E-state index contributed by atoms with van der Waals surface area (Å²) in [6.07, 6.45) is -0.501. The van der Waals surface area contributed by atoms with Crippen molar-refractivity contribution in [1.82, 2.24) is 9.62 Å². The van der Waals surface area contributed by atoms with E-state index in [1.165, 1.54) is 35.6 Å². The maximum atomic E-state index is 12.5. The maximum absolute atomic E-state index is 12.5. The van der Waals surface area contributed by atoms with Gasteiger partial charge in [0, 0.05) is 25.7 Å². The molecule has 0 spiro atoms. The summed E-state index contributed by atoms with van der Waals surface area (Å²) in [4.78, 5) is 11.6. The van der Waals surface area contributed by atoms with Crippen LogP contribution in [0.5, 0.6) is 0 Å². The first kappa shape index (κ1) is 15.9. The molecule has 0 saturated carbocycles. The third kappa shape index (κ3) is 3.41. The average molecular weight is 314 g/mol. The summed E-state index contributed by atoms with van der Waals surface area (Å²) in [6.45, 7) is 0.397. The molecule has 1 heterocycles. The molecule has 1 amide bonds. The van der Waals surface area contributed by atoms with Crippen molar-refractivity contribution in [1.29, 1.82) is 0 Å². The molecule has 1 atom stereocenters. The first-order chi connectivity index (χ1) is 9.98. The number of carbonyl (C=O) groups is 1. The zero-order valence-corrected chi connectivity index (χ0v) is 12.5. The summed E-state index contributed by atoms with van der Waals surface area (Å²) in [6, 6.07) is 5.75. The van der Waals surface area contributed by atoms with Crippen molar-refractivity contribution in [2.75, 3.05) is 33.4 Å². The Kier molecular flexibility index (Phi) is 4.94. The number of hydrogen-bond donors (Lipinski definition) is 2. The molecule has 1 unspecified atom stereocenters. The molecule has 1 fully saturated rings. The van der Waals surface area contributed by atoms with Gasteiger partial charge in [-0.25, -0.2) is 8.42 Å². The molecular formula is C13H18N2O5S. The molecule has 2 rings (SSSR count). The number of hydrogen-bond acceptors (Lipinski definition) is 5. The van der Waals surface area contributed by atoms with E-state index < -0.39 is 16.1 Å². The number of amides is 1. The number of morpholine rings is 1. The average Bonchev–Trinajstić information content (AvgIpc) is 2.54. The number of rotatable bonds is 4. The Bertz CT molecular complexity index is 599. The van der Waals surface area contributed by atoms with Crippen LogP contribution < -0.4 is 5.32 Å². The molecule has 1 aliphatic rings. The quantitative estimate of drug-likeness (QED) is 0.776. The van der Waals surface area contributed by atoms with Crippen LogP contribution in [0.25, 0.3) is 0 Å². The molecule has 1 aromatic rings. The van der Waals surface area contributed by atoms with Gasteiger partial charge in [0.2, 0.25) is 10.0 Å². The third-order valence-electron chi connectivity index (χ3n) is 3.29. The Hall–Kier alpha value is -1.48. The van der Waals surface area contributed by atoms with E-state index in [1.54, 1.807) is 0 Å². The number of carbonyl (C=O) groups excluding carboxylic acids is 1. The predicted octanol–water partition coefficient (Wildman–Crippen LogP) is -0.572. The summed E-state index contributed by atoms with van der Waals surface area (Å²) >= 11 is 0. The lowest BCUT2D eigenvalue weighted by atomic mass is 10.2. The molecule has 8 heteroatoms. The standard InChI is InChI=1S/C13H18N2O5S/c1-14-13(17)10-2-4-12(5-3-10)21(18,19)15-6-7-20-11(8-15)9-16/h2-5,11,16H,6-9H2,1H3,(H,14,17). The van der Waals surface area contributed by atoms with Crippen LogP contribution in [0.1, 0.15) is 10.4 Å². The fourth-order valence-corrected chi connectivity index (χ4v) is 3.55. The van der Waals surface area contributed by atoms with Gasteiger partial charge in [-0.2, -0.15) is 4.31 Å². The molecule has 1 saturated heterocycles. The van der Waals surface area contributed by atoms with Crippen LogP contribution in [0.4, 0.5) is 0 Å². The second kappa shape index (κ2) is 6.52. The molecule has 21 heavy (non-hydrogen) atoms. The van der Waals surface area contributed by atoms with Gasteiger partial charge < -0.3 is 15.2 Å². The van der Waals surface area contributed by atoms with Crippen LogP contribution in [-0.2, 0) is 14.8 Å². The van der Waals surface area contributed by atoms with E-state index in [-0.39, 0.29) is 37.1 Å². The number of aliphatic hydroxyl groups excluding tert-OH is 1. The third-order valence-corrected chi connectivity index (χ3v) is 5.17. The zero-order chi connectivity index (χ0) is 15.5. The number of aliphatic hydroxyl groups is 1. The van der Waals surface area contributed by atoms with Gasteiger partial charge in [-0.15, -0.1) is 0 Å². The van der Waals surface area contributed by atoms with Crippen LogP contribution in [0, 0.1) is 0 Å². The normalized spacial score (nSPS) is 20.2. The first-order valence-electron chi connectivity index (χ1n) is 6.54. The smallest absolute Gasteiger partial charge is 0.251 e. The summed E-state index contributed by atoms with van der Waals surface area (Å²) < 4.78 is 31.5. The van der Waals surface area contributed by atoms with E-state index in [2.05, 4.69) is 5.32 Å². The highest BCUT2D eigenvalue weighted by molar-refractivity contribution is 7.89. The summed E-state index contributed by atoms with van der Waals surface area (Å²) in [7, 11) is -2.13. The van der Waals surface area contributed by atoms with E-state index in [4.69, 9.17) is 9.84 Å². The van der Waals surface area contributed by atoms with Crippen LogP contribution in [0.15, 0.2) is 29.2 Å². The topological polar surface area (TPSA) is 95.9 Å². The van der Waals surface area contributed by atoms with Crippen LogP contribution >= 0.6 is 0 Å². The Labute approximate surface area is 123 Å². The first-order valence-corrected chi connectivity index (χ1v) is 7.98. The van der Waals surface area contributed by atoms with Crippen molar-refractivity contribution in [3.63, 3.8) is 0 Å². The molecular weight excluding hydrogens is 296 g/mol. The fraction of sp³-hybridized carbons (Fsp3) is 0.462. The van der Waals surface area contributed by atoms with Gasteiger partial charge >= 0.3 is 0 Å². The molecule has 0 bridgehead atoms. The molecule has 0 radical (unpaired) electrons. The Morgan fingerprint density at radius 2 is 2.10 bits per heavy atom. The number of ether oxygens (including phenoxy) is 1. The van der Waals surface area contributed by atoms with Crippen LogP contribution in [0.2, 0.25) is 0 Å². The highest BCUT2D eigenvalue weighted by Crippen LogP contribution is 2.19. The van der Waals surface area contributed by atoms with Crippen molar-refractivity contribution >= 4 is 15.9 Å². The fourth-order valence-electron chi connectivity index (χ4n) is 2.09. The summed E-state index contributed by atoms with van der Waals surface area (Å²) in [5, 5.41) is 11.6. The van der Waals surface area contributed by atoms with Crippen LogP contribution in [-0.4, -0.2) is 63.2 Å². The Morgan fingerprint density at radius 1 is 1.43 bits per heavy atom. The molecule has 0 aromatic heterocycles. The van der Waals surface area contributed by atoms with Gasteiger partial charge in [0.15, 0.2) is 0 Å². The second-order valence-electron chi connectivity index (χ2n) is 4.64. The highest BCUT2D eigenvalue weighted by atomic mass is 32.2. The molecule has 1 aliphatic heterocycles. The van der Waals surface area contributed by atoms with Gasteiger partial charge in [0.1, 0.15) is 0 Å².